The summed E-state index contributed by atoms with van der Waals surface area (Å²) in [6, 6.07) is 10.7. The highest BCUT2D eigenvalue weighted by Gasteiger charge is 2.21. The Morgan fingerprint density at radius 2 is 1.79 bits per heavy atom. The van der Waals surface area contributed by atoms with Crippen LogP contribution in [0.15, 0.2) is 36.4 Å². The zero-order chi connectivity index (χ0) is 21.1. The lowest BCUT2D eigenvalue weighted by Crippen LogP contribution is -2.30. The van der Waals surface area contributed by atoms with Crippen molar-refractivity contribution in [1.29, 1.82) is 0 Å². The van der Waals surface area contributed by atoms with Gasteiger partial charge in [-0.2, -0.15) is 0 Å². The fraction of sp³-hybridized carbons (Fsp3) is 0.190. The number of carboxylic acids is 1. The first kappa shape index (κ1) is 19.9. The molecule has 0 saturated heterocycles. The topological polar surface area (TPSA) is 118 Å². The van der Waals surface area contributed by atoms with Gasteiger partial charge in [0.1, 0.15) is 18.0 Å². The summed E-state index contributed by atoms with van der Waals surface area (Å²) < 4.78 is 11.3. The Bertz CT molecular complexity index is 1090. The van der Waals surface area contributed by atoms with E-state index in [0.29, 0.717) is 16.5 Å². The van der Waals surface area contributed by atoms with Gasteiger partial charge in [-0.3, -0.25) is 9.59 Å². The molecule has 3 aromatic rings. The largest absolute Gasteiger partial charge is 0.505 e. The third-order valence-corrected chi connectivity index (χ3v) is 4.35. The molecule has 29 heavy (non-hydrogen) atoms. The Hall–Kier alpha value is -3.81. The lowest BCUT2D eigenvalue weighted by atomic mass is 10.1. The number of carbonyl (C=O) groups is 2. The maximum absolute atomic E-state index is 12.2. The second-order valence-electron chi connectivity index (χ2n) is 6.43. The van der Waals surface area contributed by atoms with Crippen LogP contribution in [0.25, 0.3) is 10.8 Å². The van der Waals surface area contributed by atoms with E-state index in [4.69, 9.17) is 14.6 Å². The second-order valence-corrected chi connectivity index (χ2v) is 6.43. The van der Waals surface area contributed by atoms with E-state index in [2.05, 4.69) is 10.3 Å². The van der Waals surface area contributed by atoms with Gasteiger partial charge >= 0.3 is 5.97 Å². The number of rotatable bonds is 6. The van der Waals surface area contributed by atoms with Crippen LogP contribution >= 0.6 is 0 Å². The van der Waals surface area contributed by atoms with E-state index in [0.717, 1.165) is 16.9 Å². The normalized spacial score (nSPS) is 10.6. The number of fused-ring (bicyclic) bond motifs is 1. The van der Waals surface area contributed by atoms with Crippen molar-refractivity contribution in [2.45, 2.75) is 13.8 Å². The summed E-state index contributed by atoms with van der Waals surface area (Å²) in [6.07, 6.45) is 0. The highest BCUT2D eigenvalue weighted by atomic mass is 16.5. The minimum atomic E-state index is -1.21. The highest BCUT2D eigenvalue weighted by Crippen LogP contribution is 2.37. The number of para-hydroxylation sites is 1. The Morgan fingerprint density at radius 3 is 2.41 bits per heavy atom. The number of pyridine rings is 1. The molecule has 0 aliphatic carbocycles. The molecular formula is C21H20N2O6. The van der Waals surface area contributed by atoms with Crippen LogP contribution in [-0.4, -0.2) is 40.7 Å². The van der Waals surface area contributed by atoms with Crippen LogP contribution < -0.4 is 14.8 Å². The van der Waals surface area contributed by atoms with Crippen molar-refractivity contribution in [1.82, 2.24) is 10.3 Å². The number of carboxylic acid groups (broad SMARTS) is 1. The van der Waals surface area contributed by atoms with Crippen molar-refractivity contribution in [2.75, 3.05) is 13.7 Å². The van der Waals surface area contributed by atoms with Gasteiger partial charge in [-0.25, -0.2) is 4.98 Å². The molecule has 8 heteroatoms. The molecule has 0 atom stereocenters. The lowest BCUT2D eigenvalue weighted by molar-refractivity contribution is -0.135. The molecular weight excluding hydrogens is 376 g/mol. The first-order valence-electron chi connectivity index (χ1n) is 8.76. The van der Waals surface area contributed by atoms with Gasteiger partial charge in [0.15, 0.2) is 11.4 Å². The summed E-state index contributed by atoms with van der Waals surface area (Å²) in [5.74, 6) is -1.06. The van der Waals surface area contributed by atoms with Gasteiger partial charge in [-0.15, -0.1) is 0 Å². The zero-order valence-electron chi connectivity index (χ0n) is 16.1. The number of nitrogens with zero attached hydrogens (tertiary/aromatic N) is 1. The van der Waals surface area contributed by atoms with Crippen molar-refractivity contribution in [3.8, 4) is 23.1 Å². The average Bonchev–Trinajstić information content (AvgIpc) is 2.69. The predicted octanol–water partition coefficient (Wildman–Crippen LogP) is 3.17. The zero-order valence-corrected chi connectivity index (χ0v) is 16.1. The van der Waals surface area contributed by atoms with Crippen LogP contribution in [0.2, 0.25) is 0 Å². The number of hydrogen-bond donors (Lipinski definition) is 3. The third-order valence-electron chi connectivity index (χ3n) is 4.35. The van der Waals surface area contributed by atoms with Crippen LogP contribution in [0.1, 0.15) is 21.6 Å². The van der Waals surface area contributed by atoms with Gasteiger partial charge in [-0.1, -0.05) is 18.2 Å². The standard InChI is InChI=1S/C21H20N2O6/c1-11-5-4-6-12(2)19(11)29-13-7-8-14-15(9-13)21(28-3)23-17(18(14)26)20(27)22-10-16(24)25/h4-9,26H,10H2,1-3H3,(H,22,27)(H,24,25). The molecule has 2 aromatic carbocycles. The fourth-order valence-corrected chi connectivity index (χ4v) is 2.94. The molecule has 150 valence electrons. The van der Waals surface area contributed by atoms with Gasteiger partial charge in [0.05, 0.1) is 12.5 Å². The summed E-state index contributed by atoms with van der Waals surface area (Å²) in [7, 11) is 1.39. The minimum absolute atomic E-state index is 0.102. The van der Waals surface area contributed by atoms with E-state index in [-0.39, 0.29) is 17.3 Å². The van der Waals surface area contributed by atoms with E-state index in [1.54, 1.807) is 18.2 Å². The van der Waals surface area contributed by atoms with Crippen molar-refractivity contribution >= 4 is 22.6 Å². The number of hydrogen-bond acceptors (Lipinski definition) is 6. The quantitative estimate of drug-likeness (QED) is 0.586. The van der Waals surface area contributed by atoms with Crippen molar-refractivity contribution in [3.05, 3.63) is 53.2 Å². The number of aromatic hydroxyl groups is 1. The number of amides is 1. The number of aromatic nitrogens is 1. The molecule has 8 nitrogen and oxygen atoms in total. The van der Waals surface area contributed by atoms with E-state index < -0.39 is 18.4 Å². The fourth-order valence-electron chi connectivity index (χ4n) is 2.94. The van der Waals surface area contributed by atoms with Crippen LogP contribution in [0, 0.1) is 13.8 Å². The van der Waals surface area contributed by atoms with Crippen LogP contribution in [0.5, 0.6) is 23.1 Å². The Morgan fingerprint density at radius 1 is 1.10 bits per heavy atom. The van der Waals surface area contributed by atoms with Gasteiger partial charge in [-0.05, 0) is 43.2 Å². The molecule has 3 rings (SSSR count). The molecule has 3 N–H and O–H groups in total. The van der Waals surface area contributed by atoms with Gasteiger partial charge in [0.2, 0.25) is 5.88 Å². The smallest absolute Gasteiger partial charge is 0.322 e. The highest BCUT2D eigenvalue weighted by molar-refractivity contribution is 6.04. The molecule has 1 amide bonds. The summed E-state index contributed by atoms with van der Waals surface area (Å²) in [6.45, 7) is 3.29. The lowest BCUT2D eigenvalue weighted by Gasteiger charge is -2.14. The number of aryl methyl sites for hydroxylation is 2. The number of nitrogens with one attached hydrogen (secondary N) is 1. The number of methoxy groups -OCH3 is 1. The summed E-state index contributed by atoms with van der Waals surface area (Å²) >= 11 is 0. The predicted molar refractivity (Wildman–Crippen MR) is 106 cm³/mol. The number of aliphatic carboxylic acids is 1. The van der Waals surface area contributed by atoms with Gasteiger partial charge in [0.25, 0.3) is 5.91 Å². The average molecular weight is 396 g/mol. The number of carbonyl (C=O) groups excluding carboxylic acids is 1. The van der Waals surface area contributed by atoms with Crippen molar-refractivity contribution in [2.24, 2.45) is 0 Å². The summed E-state index contributed by atoms with van der Waals surface area (Å²) in [4.78, 5) is 26.9. The maximum atomic E-state index is 12.2. The Kier molecular flexibility index (Phi) is 5.54. The second kappa shape index (κ2) is 8.05. The number of ether oxygens (including phenoxy) is 2. The molecule has 0 radical (unpaired) electrons. The molecule has 0 fully saturated rings. The summed E-state index contributed by atoms with van der Waals surface area (Å²) in [5, 5.41) is 22.2. The van der Waals surface area contributed by atoms with Crippen molar-refractivity contribution < 1.29 is 29.3 Å². The first-order chi connectivity index (χ1) is 13.8. The minimum Gasteiger partial charge on any atom is -0.505 e. The van der Waals surface area contributed by atoms with Crippen LogP contribution in [-0.2, 0) is 4.79 Å². The summed E-state index contributed by atoms with van der Waals surface area (Å²) in [5.41, 5.74) is 1.63. The maximum Gasteiger partial charge on any atom is 0.322 e. The molecule has 0 spiro atoms. The first-order valence-corrected chi connectivity index (χ1v) is 8.76. The molecule has 0 unspecified atom stereocenters. The molecule has 0 aliphatic heterocycles. The van der Waals surface area contributed by atoms with Gasteiger partial charge < -0.3 is 25.0 Å². The van der Waals surface area contributed by atoms with E-state index in [1.807, 2.05) is 32.0 Å². The molecule has 0 bridgehead atoms. The third kappa shape index (κ3) is 4.06. The Balaban J connectivity index is 2.04. The SMILES string of the molecule is COc1nc(C(=O)NCC(=O)O)c(O)c2ccc(Oc3c(C)cccc3C)cc12. The molecule has 0 saturated carbocycles. The van der Waals surface area contributed by atoms with Crippen LogP contribution in [0.3, 0.4) is 0 Å². The van der Waals surface area contributed by atoms with E-state index in [9.17, 15) is 14.7 Å². The monoisotopic (exact) mass is 396 g/mol. The van der Waals surface area contributed by atoms with E-state index in [1.165, 1.54) is 7.11 Å². The van der Waals surface area contributed by atoms with Crippen molar-refractivity contribution in [3.63, 3.8) is 0 Å². The van der Waals surface area contributed by atoms with Gasteiger partial charge in [0, 0.05) is 5.39 Å². The molecule has 1 heterocycles. The van der Waals surface area contributed by atoms with Crippen LogP contribution in [0.4, 0.5) is 0 Å². The van der Waals surface area contributed by atoms with E-state index >= 15 is 0 Å². The molecule has 1 aromatic heterocycles. The number of benzene rings is 2. The Labute approximate surface area is 166 Å². The molecule has 0 aliphatic rings.